The van der Waals surface area contributed by atoms with Gasteiger partial charge in [-0.15, -0.1) is 0 Å². The molecule has 1 heterocycles. The molecule has 0 spiro atoms. The fraction of sp³-hybridized carbons (Fsp3) is 0.300. The van der Waals surface area contributed by atoms with Gasteiger partial charge in [-0.2, -0.15) is 0 Å². The molecule has 1 atom stereocenters. The van der Waals surface area contributed by atoms with Crippen LogP contribution < -0.4 is 10.6 Å². The summed E-state index contributed by atoms with van der Waals surface area (Å²) in [5, 5.41) is 5.62. The van der Waals surface area contributed by atoms with Crippen molar-refractivity contribution in [3.63, 3.8) is 0 Å². The molecule has 25 heavy (non-hydrogen) atoms. The highest BCUT2D eigenvalue weighted by atomic mass is 16.2. The zero-order valence-electron chi connectivity index (χ0n) is 14.2. The second-order valence-corrected chi connectivity index (χ2v) is 6.19. The number of benzene rings is 2. The number of hydrogen-bond acceptors (Lipinski definition) is 2. The summed E-state index contributed by atoms with van der Waals surface area (Å²) in [7, 11) is 0. The molecule has 2 aromatic rings. The second-order valence-electron chi connectivity index (χ2n) is 6.19. The Morgan fingerprint density at radius 1 is 0.840 bits per heavy atom. The zero-order chi connectivity index (χ0) is 17.5. The lowest BCUT2D eigenvalue weighted by Crippen LogP contribution is -2.45. The quantitative estimate of drug-likeness (QED) is 0.896. The molecule has 5 nitrogen and oxygen atoms in total. The average Bonchev–Trinajstić information content (AvgIpc) is 2.68. The van der Waals surface area contributed by atoms with Crippen LogP contribution in [0.3, 0.4) is 0 Å². The maximum atomic E-state index is 13.0. The summed E-state index contributed by atoms with van der Waals surface area (Å²) in [6.45, 7) is 1.51. The second kappa shape index (κ2) is 8.33. The van der Waals surface area contributed by atoms with Crippen molar-refractivity contribution < 1.29 is 9.59 Å². The van der Waals surface area contributed by atoms with Crippen LogP contribution in [0.2, 0.25) is 0 Å². The number of hydrogen-bond donors (Lipinski definition) is 2. The first-order chi connectivity index (χ1) is 12.2. The van der Waals surface area contributed by atoms with Crippen molar-refractivity contribution in [3.8, 4) is 0 Å². The van der Waals surface area contributed by atoms with Crippen LogP contribution in [0.15, 0.2) is 60.7 Å². The molecule has 1 saturated heterocycles. The van der Waals surface area contributed by atoms with Gasteiger partial charge in [0.1, 0.15) is 6.04 Å². The van der Waals surface area contributed by atoms with Gasteiger partial charge in [-0.3, -0.25) is 4.79 Å². The maximum Gasteiger partial charge on any atom is 0.320 e. The van der Waals surface area contributed by atoms with Crippen LogP contribution in [-0.2, 0) is 4.79 Å². The minimum atomic E-state index is -0.678. The number of anilines is 1. The van der Waals surface area contributed by atoms with Gasteiger partial charge in [0, 0.05) is 18.8 Å². The molecular weight excluding hydrogens is 314 g/mol. The van der Waals surface area contributed by atoms with E-state index in [-0.39, 0.29) is 11.9 Å². The van der Waals surface area contributed by atoms with Crippen molar-refractivity contribution in [1.82, 2.24) is 10.2 Å². The van der Waals surface area contributed by atoms with Gasteiger partial charge in [-0.1, -0.05) is 48.5 Å². The summed E-state index contributed by atoms with van der Waals surface area (Å²) in [6.07, 6.45) is 3.19. The van der Waals surface area contributed by atoms with Crippen molar-refractivity contribution in [2.24, 2.45) is 0 Å². The molecule has 130 valence electrons. The van der Waals surface area contributed by atoms with Crippen LogP contribution in [0.5, 0.6) is 0 Å². The molecule has 0 aliphatic carbocycles. The molecular formula is C20H23N3O2. The summed E-state index contributed by atoms with van der Waals surface area (Å²) in [6, 6.07) is 17.5. The first-order valence-electron chi connectivity index (χ1n) is 8.70. The third-order valence-electron chi connectivity index (χ3n) is 4.35. The van der Waals surface area contributed by atoms with Crippen molar-refractivity contribution in [3.05, 3.63) is 66.2 Å². The number of carbonyl (C=O) groups excluding carboxylic acids is 2. The first-order valence-corrected chi connectivity index (χ1v) is 8.70. The molecule has 0 bridgehead atoms. The molecule has 2 N–H and O–H groups in total. The SMILES string of the molecule is O=C(Nc1ccccc1)N[C@H](C(=O)N1CCCCC1)c1ccccc1. The van der Waals surface area contributed by atoms with Crippen molar-refractivity contribution in [2.45, 2.75) is 25.3 Å². The molecule has 3 rings (SSSR count). The monoisotopic (exact) mass is 337 g/mol. The number of carbonyl (C=O) groups is 2. The predicted molar refractivity (Wildman–Crippen MR) is 98.2 cm³/mol. The molecule has 0 saturated carbocycles. The molecule has 0 unspecified atom stereocenters. The smallest absolute Gasteiger partial charge is 0.320 e. The van der Waals surface area contributed by atoms with E-state index in [0.29, 0.717) is 5.69 Å². The molecule has 0 radical (unpaired) electrons. The Morgan fingerprint density at radius 3 is 2.08 bits per heavy atom. The number of likely N-dealkylation sites (tertiary alicyclic amines) is 1. The summed E-state index contributed by atoms with van der Waals surface area (Å²) >= 11 is 0. The summed E-state index contributed by atoms with van der Waals surface area (Å²) in [5.41, 5.74) is 1.48. The topological polar surface area (TPSA) is 61.4 Å². The molecule has 0 aromatic heterocycles. The number of rotatable bonds is 4. The number of nitrogens with zero attached hydrogens (tertiary/aromatic N) is 1. The van der Waals surface area contributed by atoms with Crippen molar-refractivity contribution in [1.29, 1.82) is 0 Å². The number of amides is 3. The van der Waals surface area contributed by atoms with E-state index in [1.807, 2.05) is 65.6 Å². The fourth-order valence-electron chi connectivity index (χ4n) is 3.05. The maximum absolute atomic E-state index is 13.0. The largest absolute Gasteiger partial charge is 0.341 e. The average molecular weight is 337 g/mol. The van der Waals surface area contributed by atoms with Crippen molar-refractivity contribution in [2.75, 3.05) is 18.4 Å². The first kappa shape index (κ1) is 17.0. The minimum absolute atomic E-state index is 0.0471. The standard InChI is InChI=1S/C20H23N3O2/c24-19(23-14-8-3-9-15-23)18(16-10-4-1-5-11-16)22-20(25)21-17-12-6-2-7-13-17/h1-2,4-7,10-13,18H,3,8-9,14-15H2,(H2,21,22,25)/t18-/m0/s1. The Balaban J connectivity index is 1.74. The van der Waals surface area contributed by atoms with Crippen LogP contribution in [-0.4, -0.2) is 29.9 Å². The lowest BCUT2D eigenvalue weighted by Gasteiger charge is -2.31. The Hall–Kier alpha value is -2.82. The zero-order valence-corrected chi connectivity index (χ0v) is 14.2. The van der Waals surface area contributed by atoms with Gasteiger partial charge in [0.2, 0.25) is 5.91 Å². The third-order valence-corrected chi connectivity index (χ3v) is 4.35. The third kappa shape index (κ3) is 4.59. The van der Waals surface area contributed by atoms with Crippen LogP contribution in [0.1, 0.15) is 30.9 Å². The molecule has 2 aromatic carbocycles. The van der Waals surface area contributed by atoms with E-state index in [1.165, 1.54) is 0 Å². The summed E-state index contributed by atoms with van der Waals surface area (Å²) in [4.78, 5) is 27.2. The number of para-hydroxylation sites is 1. The van der Waals surface area contributed by atoms with Gasteiger partial charge in [0.15, 0.2) is 0 Å². The molecule has 1 fully saturated rings. The van der Waals surface area contributed by atoms with Crippen LogP contribution in [0.25, 0.3) is 0 Å². The van der Waals surface area contributed by atoms with Gasteiger partial charge in [0.25, 0.3) is 0 Å². The molecule has 3 amide bonds. The highest BCUT2D eigenvalue weighted by Gasteiger charge is 2.28. The van der Waals surface area contributed by atoms with Gasteiger partial charge in [-0.05, 0) is 37.0 Å². The van der Waals surface area contributed by atoms with E-state index in [4.69, 9.17) is 0 Å². The predicted octanol–water partition coefficient (Wildman–Crippen LogP) is 3.56. The Morgan fingerprint density at radius 2 is 1.44 bits per heavy atom. The van der Waals surface area contributed by atoms with E-state index in [2.05, 4.69) is 10.6 Å². The van der Waals surface area contributed by atoms with E-state index in [0.717, 1.165) is 37.9 Å². The van der Waals surface area contributed by atoms with Gasteiger partial charge in [-0.25, -0.2) is 4.79 Å². The van der Waals surface area contributed by atoms with E-state index >= 15 is 0 Å². The highest BCUT2D eigenvalue weighted by molar-refractivity contribution is 5.94. The van der Waals surface area contributed by atoms with Crippen LogP contribution in [0, 0.1) is 0 Å². The Kier molecular flexibility index (Phi) is 5.67. The van der Waals surface area contributed by atoms with Crippen LogP contribution in [0.4, 0.5) is 10.5 Å². The normalized spacial score (nSPS) is 15.3. The van der Waals surface area contributed by atoms with E-state index < -0.39 is 6.04 Å². The van der Waals surface area contributed by atoms with Gasteiger partial charge in [0.05, 0.1) is 0 Å². The van der Waals surface area contributed by atoms with Gasteiger partial charge < -0.3 is 15.5 Å². The summed E-state index contributed by atoms with van der Waals surface area (Å²) in [5.74, 6) is -0.0471. The minimum Gasteiger partial charge on any atom is -0.341 e. The Bertz CT molecular complexity index is 697. The van der Waals surface area contributed by atoms with Crippen molar-refractivity contribution >= 4 is 17.6 Å². The molecule has 1 aliphatic heterocycles. The lowest BCUT2D eigenvalue weighted by molar-refractivity contribution is -0.134. The molecule has 1 aliphatic rings. The summed E-state index contributed by atoms with van der Waals surface area (Å²) < 4.78 is 0. The van der Waals surface area contributed by atoms with Gasteiger partial charge >= 0.3 is 6.03 Å². The lowest BCUT2D eigenvalue weighted by atomic mass is 10.0. The Labute approximate surface area is 148 Å². The number of piperidine rings is 1. The number of nitrogens with one attached hydrogen (secondary N) is 2. The van der Waals surface area contributed by atoms with E-state index in [9.17, 15) is 9.59 Å². The number of urea groups is 1. The van der Waals surface area contributed by atoms with Crippen LogP contribution >= 0.6 is 0 Å². The highest BCUT2D eigenvalue weighted by Crippen LogP contribution is 2.19. The van der Waals surface area contributed by atoms with E-state index in [1.54, 1.807) is 0 Å². The molecule has 5 heteroatoms. The fourth-order valence-corrected chi connectivity index (χ4v) is 3.05.